The molecule has 0 bridgehead atoms. The third-order valence-corrected chi connectivity index (χ3v) is 3.79. The van der Waals surface area contributed by atoms with E-state index in [-0.39, 0.29) is 12.1 Å². The van der Waals surface area contributed by atoms with Gasteiger partial charge in [0.15, 0.2) is 0 Å². The van der Waals surface area contributed by atoms with Gasteiger partial charge in [-0.25, -0.2) is 8.78 Å². The quantitative estimate of drug-likeness (QED) is 0.766. The Bertz CT molecular complexity index is 831. The standard InChI is InChI=1S/C18H16F2N2O/c1-11-4-2-5-12-15(8-9-21-18(11)12)22-10-16(23)17-13(19)6-3-7-14(17)20/h2-9,16,23H,10H2,1H3,(H,21,22). The van der Waals surface area contributed by atoms with Crippen LogP contribution in [0.15, 0.2) is 48.7 Å². The number of nitrogens with one attached hydrogen (secondary N) is 1. The number of benzene rings is 2. The van der Waals surface area contributed by atoms with Crippen molar-refractivity contribution in [1.29, 1.82) is 0 Å². The predicted molar refractivity (Wildman–Crippen MR) is 86.3 cm³/mol. The fourth-order valence-corrected chi connectivity index (χ4v) is 2.62. The van der Waals surface area contributed by atoms with Crippen molar-refractivity contribution < 1.29 is 13.9 Å². The number of anilines is 1. The number of aryl methyl sites for hydroxylation is 1. The summed E-state index contributed by atoms with van der Waals surface area (Å²) >= 11 is 0. The molecule has 1 unspecified atom stereocenters. The first-order chi connectivity index (χ1) is 11.1. The van der Waals surface area contributed by atoms with Gasteiger partial charge in [0.05, 0.1) is 11.1 Å². The summed E-state index contributed by atoms with van der Waals surface area (Å²) in [6.45, 7) is 1.95. The number of aliphatic hydroxyl groups excluding tert-OH is 1. The molecule has 5 heteroatoms. The van der Waals surface area contributed by atoms with Gasteiger partial charge in [0.2, 0.25) is 0 Å². The summed E-state index contributed by atoms with van der Waals surface area (Å²) in [5, 5.41) is 14.1. The summed E-state index contributed by atoms with van der Waals surface area (Å²) in [6, 6.07) is 11.1. The van der Waals surface area contributed by atoms with Crippen LogP contribution in [0.3, 0.4) is 0 Å². The van der Waals surface area contributed by atoms with Crippen molar-refractivity contribution in [3.8, 4) is 0 Å². The fourth-order valence-electron chi connectivity index (χ4n) is 2.62. The van der Waals surface area contributed by atoms with Gasteiger partial charge >= 0.3 is 0 Å². The summed E-state index contributed by atoms with van der Waals surface area (Å²) < 4.78 is 27.4. The van der Waals surface area contributed by atoms with Crippen LogP contribution in [0, 0.1) is 18.6 Å². The Kier molecular flexibility index (Phi) is 4.21. The fraction of sp³-hybridized carbons (Fsp3) is 0.167. The first-order valence-corrected chi connectivity index (χ1v) is 7.28. The van der Waals surface area contributed by atoms with Crippen LogP contribution in [0.5, 0.6) is 0 Å². The molecule has 1 heterocycles. The van der Waals surface area contributed by atoms with E-state index in [2.05, 4.69) is 10.3 Å². The molecule has 0 fully saturated rings. The minimum Gasteiger partial charge on any atom is -0.386 e. The van der Waals surface area contributed by atoms with Gasteiger partial charge in [-0.1, -0.05) is 24.3 Å². The molecular formula is C18H16F2N2O. The molecule has 0 radical (unpaired) electrons. The highest BCUT2D eigenvalue weighted by Crippen LogP contribution is 2.26. The average molecular weight is 314 g/mol. The number of aliphatic hydroxyl groups is 1. The number of para-hydroxylation sites is 1. The number of halogens is 2. The number of nitrogens with zero attached hydrogens (tertiary/aromatic N) is 1. The van der Waals surface area contributed by atoms with Crippen molar-refractivity contribution in [2.45, 2.75) is 13.0 Å². The topological polar surface area (TPSA) is 45.1 Å². The van der Waals surface area contributed by atoms with E-state index in [1.807, 2.05) is 25.1 Å². The van der Waals surface area contributed by atoms with E-state index in [0.29, 0.717) is 0 Å². The summed E-state index contributed by atoms with van der Waals surface area (Å²) in [7, 11) is 0. The van der Waals surface area contributed by atoms with Gasteiger partial charge in [0.25, 0.3) is 0 Å². The molecule has 3 aromatic rings. The zero-order valence-electron chi connectivity index (χ0n) is 12.6. The first-order valence-electron chi connectivity index (χ1n) is 7.28. The molecule has 0 spiro atoms. The Morgan fingerprint density at radius 2 is 1.78 bits per heavy atom. The van der Waals surface area contributed by atoms with E-state index in [1.54, 1.807) is 12.3 Å². The van der Waals surface area contributed by atoms with Crippen molar-refractivity contribution in [3.63, 3.8) is 0 Å². The number of rotatable bonds is 4. The van der Waals surface area contributed by atoms with Gasteiger partial charge < -0.3 is 10.4 Å². The molecule has 2 N–H and O–H groups in total. The van der Waals surface area contributed by atoms with Gasteiger partial charge in [0, 0.05) is 23.8 Å². The Hall–Kier alpha value is -2.53. The third-order valence-electron chi connectivity index (χ3n) is 3.79. The van der Waals surface area contributed by atoms with Crippen LogP contribution in [0.4, 0.5) is 14.5 Å². The minimum absolute atomic E-state index is 0.00902. The lowest BCUT2D eigenvalue weighted by Gasteiger charge is -2.16. The van der Waals surface area contributed by atoms with E-state index in [4.69, 9.17) is 0 Å². The number of pyridine rings is 1. The number of hydrogen-bond donors (Lipinski definition) is 2. The van der Waals surface area contributed by atoms with Gasteiger partial charge in [-0.2, -0.15) is 0 Å². The second-order valence-corrected chi connectivity index (χ2v) is 5.36. The van der Waals surface area contributed by atoms with Crippen LogP contribution in [-0.2, 0) is 0 Å². The van der Waals surface area contributed by atoms with Crippen LogP contribution in [0.1, 0.15) is 17.2 Å². The molecule has 2 aromatic carbocycles. The Balaban J connectivity index is 1.85. The second-order valence-electron chi connectivity index (χ2n) is 5.36. The monoisotopic (exact) mass is 314 g/mol. The SMILES string of the molecule is Cc1cccc2c(NCC(O)c3c(F)cccc3F)ccnc12. The summed E-state index contributed by atoms with van der Waals surface area (Å²) in [5.74, 6) is -1.51. The Morgan fingerprint density at radius 1 is 1.09 bits per heavy atom. The molecule has 118 valence electrons. The number of hydrogen-bond acceptors (Lipinski definition) is 3. The van der Waals surface area contributed by atoms with E-state index in [9.17, 15) is 13.9 Å². The molecule has 3 rings (SSSR count). The van der Waals surface area contributed by atoms with Crippen LogP contribution >= 0.6 is 0 Å². The minimum atomic E-state index is -1.29. The smallest absolute Gasteiger partial charge is 0.132 e. The Labute approximate surface area is 132 Å². The van der Waals surface area contributed by atoms with E-state index in [1.165, 1.54) is 6.07 Å². The zero-order valence-corrected chi connectivity index (χ0v) is 12.6. The normalized spacial score (nSPS) is 12.3. The lowest BCUT2D eigenvalue weighted by Crippen LogP contribution is -2.15. The Morgan fingerprint density at radius 3 is 2.52 bits per heavy atom. The van der Waals surface area contributed by atoms with Gasteiger partial charge in [-0.15, -0.1) is 0 Å². The highest BCUT2D eigenvalue weighted by atomic mass is 19.1. The molecule has 3 nitrogen and oxygen atoms in total. The van der Waals surface area contributed by atoms with Crippen LogP contribution in [-0.4, -0.2) is 16.6 Å². The summed E-state index contributed by atoms with van der Waals surface area (Å²) in [5.41, 5.74) is 2.32. The van der Waals surface area contributed by atoms with Gasteiger partial charge in [-0.3, -0.25) is 4.98 Å². The molecule has 0 aliphatic carbocycles. The lowest BCUT2D eigenvalue weighted by molar-refractivity contribution is 0.181. The molecule has 0 amide bonds. The third kappa shape index (κ3) is 3.00. The predicted octanol–water partition coefficient (Wildman–Crippen LogP) is 3.97. The average Bonchev–Trinajstić information content (AvgIpc) is 2.53. The maximum absolute atomic E-state index is 13.7. The molecule has 0 aliphatic rings. The van der Waals surface area contributed by atoms with Gasteiger partial charge in [-0.05, 0) is 30.7 Å². The van der Waals surface area contributed by atoms with Crippen molar-refractivity contribution in [1.82, 2.24) is 4.98 Å². The molecular weight excluding hydrogens is 298 g/mol. The number of fused-ring (bicyclic) bond motifs is 1. The van der Waals surface area contributed by atoms with Gasteiger partial charge in [0.1, 0.15) is 17.7 Å². The van der Waals surface area contributed by atoms with Crippen LogP contribution < -0.4 is 5.32 Å². The number of aromatic nitrogens is 1. The molecule has 0 saturated heterocycles. The highest BCUT2D eigenvalue weighted by molar-refractivity contribution is 5.92. The van der Waals surface area contributed by atoms with Crippen molar-refractivity contribution in [2.75, 3.05) is 11.9 Å². The zero-order chi connectivity index (χ0) is 16.4. The van der Waals surface area contributed by atoms with Crippen LogP contribution in [0.2, 0.25) is 0 Å². The van der Waals surface area contributed by atoms with Crippen molar-refractivity contribution in [2.24, 2.45) is 0 Å². The largest absolute Gasteiger partial charge is 0.386 e. The van der Waals surface area contributed by atoms with Crippen LogP contribution in [0.25, 0.3) is 10.9 Å². The molecule has 1 atom stereocenters. The first kappa shape index (κ1) is 15.4. The molecule has 23 heavy (non-hydrogen) atoms. The summed E-state index contributed by atoms with van der Waals surface area (Å²) in [6.07, 6.45) is 0.373. The maximum atomic E-state index is 13.7. The maximum Gasteiger partial charge on any atom is 0.132 e. The van der Waals surface area contributed by atoms with Crippen molar-refractivity contribution in [3.05, 3.63) is 71.4 Å². The molecule has 0 saturated carbocycles. The van der Waals surface area contributed by atoms with E-state index >= 15 is 0 Å². The van der Waals surface area contributed by atoms with E-state index < -0.39 is 17.7 Å². The summed E-state index contributed by atoms with van der Waals surface area (Å²) in [4.78, 5) is 4.33. The molecule has 0 aliphatic heterocycles. The lowest BCUT2D eigenvalue weighted by atomic mass is 10.1. The van der Waals surface area contributed by atoms with Crippen molar-refractivity contribution >= 4 is 16.6 Å². The highest BCUT2D eigenvalue weighted by Gasteiger charge is 2.17. The van der Waals surface area contributed by atoms with E-state index in [0.717, 1.165) is 34.3 Å². The second kappa shape index (κ2) is 6.30. The molecule has 1 aromatic heterocycles.